The number of nitrogen functional groups attached to an aromatic ring is 1. The van der Waals surface area contributed by atoms with Gasteiger partial charge in [0.25, 0.3) is 0 Å². The Hall–Kier alpha value is -1.59. The van der Waals surface area contributed by atoms with Gasteiger partial charge in [-0.05, 0) is 6.42 Å². The molecule has 2 aromatic heterocycles. The van der Waals surface area contributed by atoms with E-state index >= 15 is 0 Å². The van der Waals surface area contributed by atoms with Crippen molar-refractivity contribution in [2.45, 2.75) is 12.5 Å². The van der Waals surface area contributed by atoms with Gasteiger partial charge in [0.2, 0.25) is 0 Å². The van der Waals surface area contributed by atoms with Crippen molar-refractivity contribution in [1.82, 2.24) is 14.5 Å². The van der Waals surface area contributed by atoms with Gasteiger partial charge < -0.3 is 15.4 Å². The summed E-state index contributed by atoms with van der Waals surface area (Å²) in [7, 11) is 0. The van der Waals surface area contributed by atoms with Crippen LogP contribution in [0.5, 0.6) is 0 Å². The molecular weight excluding hydrogens is 252 g/mol. The maximum absolute atomic E-state index is 9.16. The summed E-state index contributed by atoms with van der Waals surface area (Å²) in [6, 6.07) is 1.95. The van der Waals surface area contributed by atoms with E-state index in [1.807, 2.05) is 10.6 Å². The molecule has 0 fully saturated rings. The van der Waals surface area contributed by atoms with Gasteiger partial charge in [-0.1, -0.05) is 23.8 Å². The van der Waals surface area contributed by atoms with Crippen molar-refractivity contribution in [2.75, 3.05) is 12.3 Å². The number of hydrogen-bond donors (Lipinski definition) is 2. The summed E-state index contributed by atoms with van der Waals surface area (Å²) in [4.78, 5) is 8.26. The van der Waals surface area contributed by atoms with Crippen molar-refractivity contribution in [2.24, 2.45) is 5.92 Å². The second-order valence-electron chi connectivity index (χ2n) is 4.48. The molecule has 1 aliphatic rings. The number of aliphatic hydroxyl groups is 1. The number of imidazole rings is 1. The number of nitrogens with two attached hydrogens (primary N) is 1. The average Bonchev–Trinajstić information content (AvgIpc) is 2.93. The summed E-state index contributed by atoms with van der Waals surface area (Å²) < 4.78 is 2.02. The van der Waals surface area contributed by atoms with Crippen LogP contribution in [0.4, 0.5) is 5.82 Å². The Morgan fingerprint density at radius 3 is 3.06 bits per heavy atom. The van der Waals surface area contributed by atoms with Crippen molar-refractivity contribution >= 4 is 28.5 Å². The van der Waals surface area contributed by atoms with Crippen LogP contribution in [-0.2, 0) is 0 Å². The lowest BCUT2D eigenvalue weighted by molar-refractivity contribution is 0.244. The van der Waals surface area contributed by atoms with Crippen LogP contribution in [-0.4, -0.2) is 26.2 Å². The minimum Gasteiger partial charge on any atom is -0.396 e. The molecule has 1 aliphatic carbocycles. The van der Waals surface area contributed by atoms with E-state index in [1.165, 1.54) is 0 Å². The Kier molecular flexibility index (Phi) is 2.72. The number of allylic oxidation sites excluding steroid dienone is 1. The van der Waals surface area contributed by atoms with E-state index in [0.717, 1.165) is 11.9 Å². The van der Waals surface area contributed by atoms with Gasteiger partial charge in [0, 0.05) is 18.6 Å². The number of halogens is 1. The predicted molar refractivity (Wildman–Crippen MR) is 70.3 cm³/mol. The Morgan fingerprint density at radius 1 is 1.50 bits per heavy atom. The first-order chi connectivity index (χ1) is 8.69. The lowest BCUT2D eigenvalue weighted by atomic mass is 10.1. The molecule has 6 heteroatoms. The van der Waals surface area contributed by atoms with E-state index in [9.17, 15) is 0 Å². The fourth-order valence-electron chi connectivity index (χ4n) is 2.38. The lowest BCUT2D eigenvalue weighted by Crippen LogP contribution is -2.07. The first-order valence-electron chi connectivity index (χ1n) is 5.77. The predicted octanol–water partition coefficient (Wildman–Crippen LogP) is 1.78. The Labute approximate surface area is 109 Å². The average molecular weight is 265 g/mol. The van der Waals surface area contributed by atoms with Crippen LogP contribution in [0.3, 0.4) is 0 Å². The van der Waals surface area contributed by atoms with E-state index in [4.69, 9.17) is 22.4 Å². The van der Waals surface area contributed by atoms with Crippen LogP contribution in [0.2, 0.25) is 5.15 Å². The van der Waals surface area contributed by atoms with Crippen LogP contribution < -0.4 is 5.73 Å². The quantitative estimate of drug-likeness (QED) is 0.640. The molecule has 0 aliphatic heterocycles. The highest BCUT2D eigenvalue weighted by molar-refractivity contribution is 6.30. The number of hydrogen-bond acceptors (Lipinski definition) is 4. The summed E-state index contributed by atoms with van der Waals surface area (Å²) in [5.74, 6) is 0.555. The molecule has 94 valence electrons. The van der Waals surface area contributed by atoms with E-state index in [2.05, 4.69) is 16.0 Å². The van der Waals surface area contributed by atoms with E-state index < -0.39 is 0 Å². The summed E-state index contributed by atoms with van der Waals surface area (Å²) in [6.07, 6.45) is 6.71. The Balaban J connectivity index is 2.06. The largest absolute Gasteiger partial charge is 0.396 e. The highest BCUT2D eigenvalue weighted by Gasteiger charge is 2.21. The van der Waals surface area contributed by atoms with E-state index in [1.54, 1.807) is 12.4 Å². The summed E-state index contributed by atoms with van der Waals surface area (Å²) in [6.45, 7) is 0.171. The van der Waals surface area contributed by atoms with Crippen molar-refractivity contribution < 1.29 is 5.11 Å². The number of rotatable bonds is 2. The monoisotopic (exact) mass is 264 g/mol. The molecule has 0 bridgehead atoms. The van der Waals surface area contributed by atoms with Crippen LogP contribution in [0.25, 0.3) is 11.0 Å². The molecule has 0 amide bonds. The normalized spacial score (nSPS) is 23.0. The van der Waals surface area contributed by atoms with Crippen molar-refractivity contribution in [3.63, 3.8) is 0 Å². The molecule has 5 nitrogen and oxygen atoms in total. The third-order valence-corrected chi connectivity index (χ3v) is 3.49. The summed E-state index contributed by atoms with van der Waals surface area (Å²) in [5, 5.41) is 9.52. The molecule has 2 atom stereocenters. The van der Waals surface area contributed by atoms with Gasteiger partial charge in [0.1, 0.15) is 10.7 Å². The number of aliphatic hydroxyl groups excluding tert-OH is 1. The molecule has 18 heavy (non-hydrogen) atoms. The van der Waals surface area contributed by atoms with Gasteiger partial charge in [0.15, 0.2) is 5.82 Å². The molecule has 0 radical (unpaired) electrons. The molecular formula is C12H13ClN4O. The molecule has 2 heterocycles. The number of pyridine rings is 1. The van der Waals surface area contributed by atoms with Gasteiger partial charge in [-0.25, -0.2) is 9.97 Å². The Morgan fingerprint density at radius 2 is 2.33 bits per heavy atom. The van der Waals surface area contributed by atoms with Crippen molar-refractivity contribution in [3.8, 4) is 0 Å². The molecule has 0 aromatic carbocycles. The second-order valence-corrected chi connectivity index (χ2v) is 4.87. The maximum atomic E-state index is 9.16. The summed E-state index contributed by atoms with van der Waals surface area (Å²) >= 11 is 5.93. The molecule has 0 saturated carbocycles. The minimum atomic E-state index is 0.171. The first kappa shape index (κ1) is 11.5. The van der Waals surface area contributed by atoms with Gasteiger partial charge in [-0.15, -0.1) is 0 Å². The third kappa shape index (κ3) is 1.76. The van der Waals surface area contributed by atoms with Crippen LogP contribution in [0, 0.1) is 5.92 Å². The molecule has 2 aromatic rings. The molecule has 0 unspecified atom stereocenters. The molecule has 3 rings (SSSR count). The van der Waals surface area contributed by atoms with Crippen molar-refractivity contribution in [1.29, 1.82) is 0 Å². The van der Waals surface area contributed by atoms with Crippen LogP contribution in [0.15, 0.2) is 24.5 Å². The second kappa shape index (κ2) is 4.26. The van der Waals surface area contributed by atoms with Gasteiger partial charge >= 0.3 is 0 Å². The molecule has 0 saturated heterocycles. The topological polar surface area (TPSA) is 77.0 Å². The van der Waals surface area contributed by atoms with Gasteiger partial charge in [-0.3, -0.25) is 0 Å². The number of nitrogens with zero attached hydrogens (tertiary/aromatic N) is 3. The lowest BCUT2D eigenvalue weighted by Gasteiger charge is -2.13. The fourth-order valence-corrected chi connectivity index (χ4v) is 2.58. The standard InChI is InChI=1S/C12H13ClN4O/c13-10-4-9-11(12(14)16-10)15-6-17(9)8-2-1-7(3-8)5-18/h1-2,4,6-8,18H,3,5H2,(H2,14,16)/t7-,8+/m1/s1. The third-order valence-electron chi connectivity index (χ3n) is 3.30. The smallest absolute Gasteiger partial charge is 0.153 e. The zero-order valence-corrected chi connectivity index (χ0v) is 10.4. The zero-order chi connectivity index (χ0) is 12.7. The number of fused-ring (bicyclic) bond motifs is 1. The first-order valence-corrected chi connectivity index (χ1v) is 6.14. The summed E-state index contributed by atoms with van der Waals surface area (Å²) in [5.41, 5.74) is 7.34. The van der Waals surface area contributed by atoms with E-state index in [-0.39, 0.29) is 18.6 Å². The van der Waals surface area contributed by atoms with Crippen LogP contribution >= 0.6 is 11.6 Å². The highest BCUT2D eigenvalue weighted by atomic mass is 35.5. The highest BCUT2D eigenvalue weighted by Crippen LogP contribution is 2.31. The molecule has 0 spiro atoms. The fraction of sp³-hybridized carbons (Fsp3) is 0.333. The maximum Gasteiger partial charge on any atom is 0.153 e. The molecule has 3 N–H and O–H groups in total. The Bertz CT molecular complexity index is 622. The van der Waals surface area contributed by atoms with Crippen LogP contribution in [0.1, 0.15) is 12.5 Å². The number of anilines is 1. The van der Waals surface area contributed by atoms with Gasteiger partial charge in [0.05, 0.1) is 17.9 Å². The zero-order valence-electron chi connectivity index (χ0n) is 9.62. The SMILES string of the molecule is Nc1nc(Cl)cc2c1ncn2[C@H]1C=C[C@@H](CO)C1. The van der Waals surface area contributed by atoms with Crippen molar-refractivity contribution in [3.05, 3.63) is 29.7 Å². The number of aromatic nitrogens is 3. The minimum absolute atomic E-state index is 0.171. The van der Waals surface area contributed by atoms with Gasteiger partial charge in [-0.2, -0.15) is 0 Å². The van der Waals surface area contributed by atoms with E-state index in [0.29, 0.717) is 16.5 Å².